The van der Waals surface area contributed by atoms with Crippen molar-refractivity contribution >= 4 is 5.97 Å². The normalized spacial score (nSPS) is 31.4. The van der Waals surface area contributed by atoms with Crippen LogP contribution in [0.3, 0.4) is 0 Å². The van der Waals surface area contributed by atoms with Crippen molar-refractivity contribution in [2.75, 3.05) is 19.7 Å². The molecule has 2 aliphatic heterocycles. The highest BCUT2D eigenvalue weighted by atomic mass is 16.5. The lowest BCUT2D eigenvalue weighted by Gasteiger charge is -2.36. The van der Waals surface area contributed by atoms with Gasteiger partial charge in [-0.3, -0.25) is 9.69 Å². The summed E-state index contributed by atoms with van der Waals surface area (Å²) in [7, 11) is 0. The first-order valence-electron chi connectivity index (χ1n) is 6.30. The highest BCUT2D eigenvalue weighted by Gasteiger charge is 2.38. The lowest BCUT2D eigenvalue weighted by atomic mass is 10.1. The van der Waals surface area contributed by atoms with E-state index in [1.165, 1.54) is 0 Å². The standard InChI is InChI=1S/C12H21NO3/c1-3-11(12(14)15-4-2)13-7-9-5-6-10(8-13)16-9/h9-11H,3-8H2,1-2H3. The van der Waals surface area contributed by atoms with Crippen LogP contribution in [-0.2, 0) is 14.3 Å². The summed E-state index contributed by atoms with van der Waals surface area (Å²) in [5.41, 5.74) is 0. The van der Waals surface area contributed by atoms with E-state index in [0.717, 1.165) is 32.4 Å². The number of ether oxygens (including phenoxy) is 2. The molecule has 0 aromatic carbocycles. The summed E-state index contributed by atoms with van der Waals surface area (Å²) >= 11 is 0. The van der Waals surface area contributed by atoms with Crippen LogP contribution in [0.1, 0.15) is 33.1 Å². The Bertz CT molecular complexity index is 245. The van der Waals surface area contributed by atoms with Crippen molar-refractivity contribution in [1.82, 2.24) is 4.90 Å². The van der Waals surface area contributed by atoms with Crippen molar-refractivity contribution in [2.24, 2.45) is 0 Å². The van der Waals surface area contributed by atoms with Crippen molar-refractivity contribution in [3.63, 3.8) is 0 Å². The Kier molecular flexibility index (Phi) is 3.82. The van der Waals surface area contributed by atoms with Crippen LogP contribution in [0, 0.1) is 0 Å². The maximum Gasteiger partial charge on any atom is 0.323 e. The second-order valence-electron chi connectivity index (χ2n) is 4.59. The van der Waals surface area contributed by atoms with E-state index in [9.17, 15) is 4.79 Å². The third-order valence-corrected chi connectivity index (χ3v) is 3.46. The molecule has 0 aliphatic carbocycles. The minimum Gasteiger partial charge on any atom is -0.465 e. The summed E-state index contributed by atoms with van der Waals surface area (Å²) < 4.78 is 10.9. The van der Waals surface area contributed by atoms with Gasteiger partial charge in [0.2, 0.25) is 0 Å². The van der Waals surface area contributed by atoms with Crippen molar-refractivity contribution in [3.05, 3.63) is 0 Å². The highest BCUT2D eigenvalue weighted by molar-refractivity contribution is 5.75. The fourth-order valence-electron chi connectivity index (χ4n) is 2.71. The minimum atomic E-state index is -0.0775. The van der Waals surface area contributed by atoms with Crippen LogP contribution in [0.25, 0.3) is 0 Å². The zero-order valence-electron chi connectivity index (χ0n) is 10.1. The van der Waals surface area contributed by atoms with E-state index in [1.54, 1.807) is 0 Å². The number of likely N-dealkylation sites (tertiary alicyclic amines) is 1. The molecule has 0 spiro atoms. The Morgan fingerprint density at radius 1 is 1.38 bits per heavy atom. The van der Waals surface area contributed by atoms with Gasteiger partial charge in [-0.1, -0.05) is 6.92 Å². The monoisotopic (exact) mass is 227 g/mol. The van der Waals surface area contributed by atoms with Crippen molar-refractivity contribution in [1.29, 1.82) is 0 Å². The SMILES string of the molecule is CCOC(=O)C(CC)N1CC2CCC(C1)O2. The third-order valence-electron chi connectivity index (χ3n) is 3.46. The van der Waals surface area contributed by atoms with Crippen LogP contribution in [0.2, 0.25) is 0 Å². The third kappa shape index (κ3) is 2.38. The van der Waals surface area contributed by atoms with E-state index in [-0.39, 0.29) is 12.0 Å². The Balaban J connectivity index is 1.96. The fraction of sp³-hybridized carbons (Fsp3) is 0.917. The maximum atomic E-state index is 11.8. The summed E-state index contributed by atoms with van der Waals surface area (Å²) in [5.74, 6) is -0.0775. The van der Waals surface area contributed by atoms with Crippen molar-refractivity contribution < 1.29 is 14.3 Å². The average molecular weight is 227 g/mol. The van der Waals surface area contributed by atoms with Gasteiger partial charge in [-0.25, -0.2) is 0 Å². The zero-order chi connectivity index (χ0) is 11.5. The molecule has 2 rings (SSSR count). The number of carbonyl (C=O) groups excluding carboxylic acids is 1. The van der Waals surface area contributed by atoms with Gasteiger partial charge in [-0.2, -0.15) is 0 Å². The predicted octanol–water partition coefficient (Wildman–Crippen LogP) is 1.19. The van der Waals surface area contributed by atoms with Crippen LogP contribution < -0.4 is 0 Å². The molecular formula is C12H21NO3. The predicted molar refractivity (Wildman–Crippen MR) is 60.2 cm³/mol. The quantitative estimate of drug-likeness (QED) is 0.676. The van der Waals surface area contributed by atoms with Gasteiger partial charge >= 0.3 is 5.97 Å². The molecule has 4 nitrogen and oxygen atoms in total. The van der Waals surface area contributed by atoms with Gasteiger partial charge in [0.15, 0.2) is 0 Å². The van der Waals surface area contributed by atoms with Crippen LogP contribution in [0.15, 0.2) is 0 Å². The summed E-state index contributed by atoms with van der Waals surface area (Å²) in [4.78, 5) is 14.0. The molecule has 2 heterocycles. The number of morpholine rings is 1. The molecule has 0 radical (unpaired) electrons. The number of hydrogen-bond acceptors (Lipinski definition) is 4. The van der Waals surface area contributed by atoms with Gasteiger partial charge in [-0.05, 0) is 26.2 Å². The Morgan fingerprint density at radius 2 is 2.00 bits per heavy atom. The van der Waals surface area contributed by atoms with Gasteiger partial charge in [-0.15, -0.1) is 0 Å². The largest absolute Gasteiger partial charge is 0.465 e. The van der Waals surface area contributed by atoms with Gasteiger partial charge in [0.25, 0.3) is 0 Å². The second-order valence-corrected chi connectivity index (χ2v) is 4.59. The molecule has 0 saturated carbocycles. The Labute approximate surface area is 96.9 Å². The van der Waals surface area contributed by atoms with E-state index in [4.69, 9.17) is 9.47 Å². The fourth-order valence-corrected chi connectivity index (χ4v) is 2.71. The first kappa shape index (κ1) is 11.9. The molecule has 4 heteroatoms. The molecule has 2 aliphatic rings. The molecule has 92 valence electrons. The van der Waals surface area contributed by atoms with Gasteiger partial charge < -0.3 is 9.47 Å². The first-order valence-corrected chi connectivity index (χ1v) is 6.30. The number of esters is 1. The highest BCUT2D eigenvalue weighted by Crippen LogP contribution is 2.28. The molecule has 16 heavy (non-hydrogen) atoms. The Hall–Kier alpha value is -0.610. The molecule has 0 amide bonds. The van der Waals surface area contributed by atoms with Gasteiger partial charge in [0, 0.05) is 13.1 Å². The molecule has 2 bridgehead atoms. The van der Waals surface area contributed by atoms with Crippen LogP contribution >= 0.6 is 0 Å². The molecule has 2 fully saturated rings. The smallest absolute Gasteiger partial charge is 0.323 e. The van der Waals surface area contributed by atoms with E-state index in [1.807, 2.05) is 13.8 Å². The van der Waals surface area contributed by atoms with Crippen LogP contribution in [0.4, 0.5) is 0 Å². The maximum absolute atomic E-state index is 11.8. The summed E-state index contributed by atoms with van der Waals surface area (Å²) in [6, 6.07) is -0.0769. The zero-order valence-corrected chi connectivity index (χ0v) is 10.1. The number of rotatable bonds is 4. The molecule has 2 saturated heterocycles. The van der Waals surface area contributed by atoms with E-state index < -0.39 is 0 Å². The van der Waals surface area contributed by atoms with E-state index >= 15 is 0 Å². The first-order chi connectivity index (χ1) is 7.74. The molecule has 0 aromatic rings. The topological polar surface area (TPSA) is 38.8 Å². The van der Waals surface area contributed by atoms with Gasteiger partial charge in [0.05, 0.1) is 18.8 Å². The second kappa shape index (κ2) is 5.15. The average Bonchev–Trinajstić information content (AvgIpc) is 2.59. The lowest BCUT2D eigenvalue weighted by molar-refractivity contribution is -0.153. The van der Waals surface area contributed by atoms with Crippen LogP contribution in [0.5, 0.6) is 0 Å². The van der Waals surface area contributed by atoms with Crippen LogP contribution in [-0.4, -0.2) is 48.8 Å². The lowest BCUT2D eigenvalue weighted by Crippen LogP contribution is -2.51. The summed E-state index contributed by atoms with van der Waals surface area (Å²) in [5, 5.41) is 0. The van der Waals surface area contributed by atoms with Crippen molar-refractivity contribution in [2.45, 2.75) is 51.4 Å². The number of nitrogens with zero attached hydrogens (tertiary/aromatic N) is 1. The number of fused-ring (bicyclic) bond motifs is 2. The molecule has 0 aromatic heterocycles. The minimum absolute atomic E-state index is 0.0769. The molecule has 0 N–H and O–H groups in total. The summed E-state index contributed by atoms with van der Waals surface area (Å²) in [6.07, 6.45) is 3.77. The summed E-state index contributed by atoms with van der Waals surface area (Å²) in [6.45, 7) is 6.13. The van der Waals surface area contributed by atoms with Gasteiger partial charge in [0.1, 0.15) is 6.04 Å². The van der Waals surface area contributed by atoms with E-state index in [0.29, 0.717) is 18.8 Å². The number of hydrogen-bond donors (Lipinski definition) is 0. The number of carbonyl (C=O) groups is 1. The van der Waals surface area contributed by atoms with Crippen molar-refractivity contribution in [3.8, 4) is 0 Å². The van der Waals surface area contributed by atoms with E-state index in [2.05, 4.69) is 4.90 Å². The molecular weight excluding hydrogens is 206 g/mol. The molecule has 3 atom stereocenters. The molecule has 3 unspecified atom stereocenters. The Morgan fingerprint density at radius 3 is 2.50 bits per heavy atom.